The van der Waals surface area contributed by atoms with Crippen LogP contribution in [0.2, 0.25) is 5.02 Å². The van der Waals surface area contributed by atoms with Gasteiger partial charge in [-0.1, -0.05) is 23.7 Å². The highest BCUT2D eigenvalue weighted by atomic mass is 35.5. The molecule has 1 aromatic carbocycles. The van der Waals surface area contributed by atoms with Crippen molar-refractivity contribution < 1.29 is 0 Å². The van der Waals surface area contributed by atoms with Crippen molar-refractivity contribution in [2.75, 3.05) is 5.73 Å². The molecule has 2 heterocycles. The number of halogens is 1. The number of hydrogen-bond donors (Lipinski definition) is 2. The summed E-state index contributed by atoms with van der Waals surface area (Å²) in [4.78, 5) is 4.64. The molecule has 1 aliphatic rings. The molecule has 0 aliphatic heterocycles. The number of benzene rings is 1. The van der Waals surface area contributed by atoms with Crippen LogP contribution in [0.15, 0.2) is 30.3 Å². The summed E-state index contributed by atoms with van der Waals surface area (Å²) in [6.07, 6.45) is 2.42. The molecule has 1 fully saturated rings. The van der Waals surface area contributed by atoms with Gasteiger partial charge < -0.3 is 5.73 Å². The van der Waals surface area contributed by atoms with Gasteiger partial charge in [0, 0.05) is 16.6 Å². The molecule has 3 N–H and O–H groups in total. The summed E-state index contributed by atoms with van der Waals surface area (Å²) in [7, 11) is 0. The van der Waals surface area contributed by atoms with Crippen molar-refractivity contribution in [1.82, 2.24) is 15.2 Å². The Morgan fingerprint density at radius 2 is 1.95 bits per heavy atom. The Bertz CT molecular complexity index is 787. The number of nitrogens with two attached hydrogens (primary N) is 1. The van der Waals surface area contributed by atoms with E-state index in [9.17, 15) is 0 Å². The highest BCUT2D eigenvalue weighted by molar-refractivity contribution is 6.30. The maximum atomic E-state index is 5.98. The Morgan fingerprint density at radius 1 is 1.20 bits per heavy atom. The molecule has 0 saturated heterocycles. The molecule has 2 aromatic heterocycles. The van der Waals surface area contributed by atoms with Crippen LogP contribution in [-0.4, -0.2) is 15.2 Å². The van der Waals surface area contributed by atoms with Crippen LogP contribution in [0.25, 0.3) is 22.2 Å². The van der Waals surface area contributed by atoms with Crippen molar-refractivity contribution in [3.63, 3.8) is 0 Å². The fourth-order valence-electron chi connectivity index (χ4n) is 2.52. The molecule has 0 bridgehead atoms. The third-order valence-corrected chi connectivity index (χ3v) is 3.98. The fraction of sp³-hybridized carbons (Fsp3) is 0.200. The molecule has 0 radical (unpaired) electrons. The Balaban J connectivity index is 1.99. The van der Waals surface area contributed by atoms with Gasteiger partial charge >= 0.3 is 0 Å². The summed E-state index contributed by atoms with van der Waals surface area (Å²) in [5.74, 6) is 1.06. The number of aromatic amines is 1. The van der Waals surface area contributed by atoms with E-state index in [4.69, 9.17) is 17.3 Å². The van der Waals surface area contributed by atoms with E-state index in [1.54, 1.807) is 0 Å². The van der Waals surface area contributed by atoms with E-state index in [1.807, 2.05) is 24.3 Å². The number of fused-ring (bicyclic) bond motifs is 1. The van der Waals surface area contributed by atoms with E-state index in [0.717, 1.165) is 32.9 Å². The molecule has 3 aromatic rings. The second kappa shape index (κ2) is 4.21. The van der Waals surface area contributed by atoms with Crippen molar-refractivity contribution in [3.05, 3.63) is 41.0 Å². The summed E-state index contributed by atoms with van der Waals surface area (Å²) in [5.41, 5.74) is 10.0. The molecule has 1 saturated carbocycles. The topological polar surface area (TPSA) is 67.6 Å². The minimum absolute atomic E-state index is 0.486. The molecular weight excluding hydrogens is 272 g/mol. The first-order valence-electron chi connectivity index (χ1n) is 6.63. The van der Waals surface area contributed by atoms with E-state index >= 15 is 0 Å². The number of nitrogens with zero attached hydrogens (tertiary/aromatic N) is 2. The van der Waals surface area contributed by atoms with Crippen LogP contribution in [0.4, 0.5) is 5.82 Å². The maximum Gasteiger partial charge on any atom is 0.158 e. The van der Waals surface area contributed by atoms with E-state index in [0.29, 0.717) is 11.7 Å². The lowest BCUT2D eigenvalue weighted by molar-refractivity contribution is 1.02. The van der Waals surface area contributed by atoms with Crippen LogP contribution in [0.1, 0.15) is 24.5 Å². The normalized spacial score (nSPS) is 14.8. The first kappa shape index (κ1) is 11.7. The van der Waals surface area contributed by atoms with Gasteiger partial charge in [0.25, 0.3) is 0 Å². The second-order valence-electron chi connectivity index (χ2n) is 5.21. The predicted molar refractivity (Wildman–Crippen MR) is 80.7 cm³/mol. The quantitative estimate of drug-likeness (QED) is 0.753. The van der Waals surface area contributed by atoms with Crippen LogP contribution >= 0.6 is 11.6 Å². The zero-order valence-corrected chi connectivity index (χ0v) is 11.5. The van der Waals surface area contributed by atoms with Gasteiger partial charge in [-0.05, 0) is 42.2 Å². The van der Waals surface area contributed by atoms with Crippen molar-refractivity contribution >= 4 is 28.5 Å². The monoisotopic (exact) mass is 284 g/mol. The van der Waals surface area contributed by atoms with Crippen molar-refractivity contribution in [2.45, 2.75) is 18.8 Å². The van der Waals surface area contributed by atoms with Gasteiger partial charge in [0.15, 0.2) is 11.5 Å². The number of pyridine rings is 1. The molecule has 0 atom stereocenters. The third-order valence-electron chi connectivity index (χ3n) is 3.73. The number of aromatic nitrogens is 3. The zero-order valence-electron chi connectivity index (χ0n) is 10.7. The first-order valence-corrected chi connectivity index (χ1v) is 7.00. The van der Waals surface area contributed by atoms with Gasteiger partial charge in [-0.2, -0.15) is 5.10 Å². The molecule has 5 heteroatoms. The lowest BCUT2D eigenvalue weighted by Gasteiger charge is -2.07. The Labute approximate surface area is 121 Å². The summed E-state index contributed by atoms with van der Waals surface area (Å²) in [5, 5.41) is 8.61. The van der Waals surface area contributed by atoms with Gasteiger partial charge in [0.1, 0.15) is 0 Å². The standard InChI is InChI=1S/C15H13ClN4/c16-10-5-3-8(4-6-10)11-7-12(9-1-2-9)18-15-13(11)14(17)19-20-15/h3-7,9H,1-2H2,(H3,17,18,19,20). The van der Waals surface area contributed by atoms with Crippen molar-refractivity contribution in [2.24, 2.45) is 0 Å². The third kappa shape index (κ3) is 1.84. The highest BCUT2D eigenvalue weighted by Gasteiger charge is 2.27. The van der Waals surface area contributed by atoms with E-state index in [-0.39, 0.29) is 0 Å². The zero-order chi connectivity index (χ0) is 13.7. The Hall–Kier alpha value is -2.07. The van der Waals surface area contributed by atoms with Crippen LogP contribution in [-0.2, 0) is 0 Å². The second-order valence-corrected chi connectivity index (χ2v) is 5.64. The molecular formula is C15H13ClN4. The molecule has 0 amide bonds. The van der Waals surface area contributed by atoms with Crippen LogP contribution in [0, 0.1) is 0 Å². The molecule has 0 unspecified atom stereocenters. The molecule has 20 heavy (non-hydrogen) atoms. The van der Waals surface area contributed by atoms with Gasteiger partial charge in [-0.3, -0.25) is 5.10 Å². The van der Waals surface area contributed by atoms with E-state index in [1.165, 1.54) is 12.8 Å². The number of nitrogen functional groups attached to an aromatic ring is 1. The first-order chi connectivity index (χ1) is 9.72. The number of nitrogens with one attached hydrogen (secondary N) is 1. The van der Waals surface area contributed by atoms with Crippen LogP contribution in [0.3, 0.4) is 0 Å². The van der Waals surface area contributed by atoms with E-state index < -0.39 is 0 Å². The number of hydrogen-bond acceptors (Lipinski definition) is 3. The molecule has 4 nitrogen and oxygen atoms in total. The Kier molecular flexibility index (Phi) is 2.47. The lowest BCUT2D eigenvalue weighted by atomic mass is 10.0. The van der Waals surface area contributed by atoms with Gasteiger partial charge in [-0.25, -0.2) is 4.98 Å². The summed E-state index contributed by atoms with van der Waals surface area (Å²) in [6.45, 7) is 0. The van der Waals surface area contributed by atoms with Crippen molar-refractivity contribution in [3.8, 4) is 11.1 Å². The largest absolute Gasteiger partial charge is 0.382 e. The summed E-state index contributed by atoms with van der Waals surface area (Å²) in [6, 6.07) is 9.90. The highest BCUT2D eigenvalue weighted by Crippen LogP contribution is 2.42. The Morgan fingerprint density at radius 3 is 2.65 bits per heavy atom. The average molecular weight is 285 g/mol. The van der Waals surface area contributed by atoms with E-state index in [2.05, 4.69) is 21.2 Å². The van der Waals surface area contributed by atoms with Gasteiger partial charge in [0.05, 0.1) is 5.39 Å². The van der Waals surface area contributed by atoms with Crippen molar-refractivity contribution in [1.29, 1.82) is 0 Å². The van der Waals surface area contributed by atoms with Gasteiger partial charge in [-0.15, -0.1) is 0 Å². The number of H-pyrrole nitrogens is 1. The maximum absolute atomic E-state index is 5.98. The lowest BCUT2D eigenvalue weighted by Crippen LogP contribution is -1.92. The molecule has 0 spiro atoms. The van der Waals surface area contributed by atoms with Crippen LogP contribution < -0.4 is 5.73 Å². The minimum Gasteiger partial charge on any atom is -0.382 e. The SMILES string of the molecule is Nc1n[nH]c2nc(C3CC3)cc(-c3ccc(Cl)cc3)c12. The van der Waals surface area contributed by atoms with Gasteiger partial charge in [0.2, 0.25) is 0 Å². The number of anilines is 1. The number of rotatable bonds is 2. The predicted octanol–water partition coefficient (Wildman–Crippen LogP) is 3.74. The fourth-order valence-corrected chi connectivity index (χ4v) is 2.65. The minimum atomic E-state index is 0.486. The summed E-state index contributed by atoms with van der Waals surface area (Å²) < 4.78 is 0. The average Bonchev–Trinajstić information content (AvgIpc) is 3.24. The molecule has 100 valence electrons. The molecule has 4 rings (SSSR count). The summed E-state index contributed by atoms with van der Waals surface area (Å²) >= 11 is 5.96. The smallest absolute Gasteiger partial charge is 0.158 e. The van der Waals surface area contributed by atoms with Crippen LogP contribution in [0.5, 0.6) is 0 Å². The molecule has 1 aliphatic carbocycles.